The van der Waals surface area contributed by atoms with E-state index in [1.165, 1.54) is 0 Å². The first-order chi connectivity index (χ1) is 7.77. The molecule has 0 fully saturated rings. The second-order valence-electron chi connectivity index (χ2n) is 3.33. The molecule has 1 aromatic rings. The smallest absolute Gasteiger partial charge is 0.327 e. The fourth-order valence-electron chi connectivity index (χ4n) is 1.32. The molecule has 0 aromatic heterocycles. The van der Waals surface area contributed by atoms with Crippen LogP contribution in [0.1, 0.15) is 12.5 Å². The van der Waals surface area contributed by atoms with Gasteiger partial charge in [-0.05, 0) is 12.5 Å². The second-order valence-corrected chi connectivity index (χ2v) is 3.33. The molecule has 1 unspecified atom stereocenters. The van der Waals surface area contributed by atoms with Gasteiger partial charge in [0, 0.05) is 6.54 Å². The van der Waals surface area contributed by atoms with Crippen LogP contribution in [-0.4, -0.2) is 18.6 Å². The maximum atomic E-state index is 11.4. The second kappa shape index (κ2) is 6.80. The molecule has 0 aliphatic heterocycles. The minimum Gasteiger partial charge on any atom is -0.465 e. The van der Waals surface area contributed by atoms with E-state index in [9.17, 15) is 4.79 Å². The molecule has 0 aliphatic rings. The molecule has 0 bridgehead atoms. The van der Waals surface area contributed by atoms with Crippen molar-refractivity contribution in [3.05, 3.63) is 48.6 Å². The number of carbonyl (C=O) groups is 1. The van der Waals surface area contributed by atoms with Crippen LogP contribution in [0.15, 0.2) is 43.0 Å². The minimum atomic E-state index is -0.444. The third-order valence-electron chi connectivity index (χ3n) is 2.15. The molecule has 86 valence electrons. The third-order valence-corrected chi connectivity index (χ3v) is 2.15. The lowest BCUT2D eigenvalue weighted by molar-refractivity contribution is -0.144. The van der Waals surface area contributed by atoms with Crippen LogP contribution in [0.4, 0.5) is 0 Å². The fraction of sp³-hybridized carbons (Fsp3) is 0.308. The SMILES string of the molecule is C=CC(NCc1ccccc1)C(=O)OCC. The monoisotopic (exact) mass is 219 g/mol. The predicted molar refractivity (Wildman–Crippen MR) is 63.9 cm³/mol. The van der Waals surface area contributed by atoms with Gasteiger partial charge in [-0.25, -0.2) is 0 Å². The van der Waals surface area contributed by atoms with Crippen molar-refractivity contribution in [1.82, 2.24) is 5.32 Å². The first kappa shape index (κ1) is 12.5. The van der Waals surface area contributed by atoms with E-state index in [0.29, 0.717) is 13.2 Å². The van der Waals surface area contributed by atoms with Gasteiger partial charge in [-0.1, -0.05) is 36.4 Å². The van der Waals surface area contributed by atoms with Crippen molar-refractivity contribution in [2.75, 3.05) is 6.61 Å². The van der Waals surface area contributed by atoms with Crippen LogP contribution in [0, 0.1) is 0 Å². The Labute approximate surface area is 96.1 Å². The van der Waals surface area contributed by atoms with Crippen molar-refractivity contribution < 1.29 is 9.53 Å². The van der Waals surface area contributed by atoms with Crippen LogP contribution < -0.4 is 5.32 Å². The third kappa shape index (κ3) is 3.87. The van der Waals surface area contributed by atoms with Gasteiger partial charge < -0.3 is 4.74 Å². The Morgan fingerprint density at radius 1 is 1.50 bits per heavy atom. The number of carbonyl (C=O) groups excluding carboxylic acids is 1. The summed E-state index contributed by atoms with van der Waals surface area (Å²) in [6.07, 6.45) is 1.56. The van der Waals surface area contributed by atoms with E-state index in [-0.39, 0.29) is 5.97 Å². The molecule has 1 rings (SSSR count). The fourth-order valence-corrected chi connectivity index (χ4v) is 1.32. The van der Waals surface area contributed by atoms with E-state index >= 15 is 0 Å². The Kier molecular flexibility index (Phi) is 5.29. The summed E-state index contributed by atoms with van der Waals surface area (Å²) in [5.74, 6) is -0.284. The molecule has 0 saturated carbocycles. The summed E-state index contributed by atoms with van der Waals surface area (Å²) in [5.41, 5.74) is 1.12. The molecule has 1 atom stereocenters. The standard InChI is InChI=1S/C13H17NO2/c1-3-12(13(15)16-4-2)14-10-11-8-6-5-7-9-11/h3,5-9,12,14H,1,4,10H2,2H3. The molecule has 1 N–H and O–H groups in total. The lowest BCUT2D eigenvalue weighted by Gasteiger charge is -2.13. The molecular formula is C13H17NO2. The van der Waals surface area contributed by atoms with Crippen LogP contribution in [0.3, 0.4) is 0 Å². The summed E-state index contributed by atoms with van der Waals surface area (Å²) in [6, 6.07) is 9.44. The van der Waals surface area contributed by atoms with Crippen LogP contribution >= 0.6 is 0 Å². The first-order valence-corrected chi connectivity index (χ1v) is 5.34. The summed E-state index contributed by atoms with van der Waals surface area (Å²) >= 11 is 0. The molecule has 0 radical (unpaired) electrons. The van der Waals surface area contributed by atoms with Gasteiger partial charge in [0.15, 0.2) is 0 Å². The molecular weight excluding hydrogens is 202 g/mol. The number of hydrogen-bond donors (Lipinski definition) is 1. The van der Waals surface area contributed by atoms with E-state index in [0.717, 1.165) is 5.56 Å². The average molecular weight is 219 g/mol. The van der Waals surface area contributed by atoms with Crippen molar-refractivity contribution >= 4 is 5.97 Å². The highest BCUT2D eigenvalue weighted by molar-refractivity contribution is 5.77. The molecule has 16 heavy (non-hydrogen) atoms. The lowest BCUT2D eigenvalue weighted by atomic mass is 10.2. The Hall–Kier alpha value is -1.61. The largest absolute Gasteiger partial charge is 0.465 e. The van der Waals surface area contributed by atoms with Gasteiger partial charge in [0.2, 0.25) is 0 Å². The quantitative estimate of drug-likeness (QED) is 0.586. The molecule has 3 nitrogen and oxygen atoms in total. The first-order valence-electron chi connectivity index (χ1n) is 5.34. The van der Waals surface area contributed by atoms with Crippen LogP contribution in [0.2, 0.25) is 0 Å². The van der Waals surface area contributed by atoms with Crippen molar-refractivity contribution in [2.24, 2.45) is 0 Å². The summed E-state index contributed by atoms with van der Waals surface area (Å²) in [6.45, 7) is 6.41. The topological polar surface area (TPSA) is 38.3 Å². The predicted octanol–water partition coefficient (Wildman–Crippen LogP) is 1.89. The average Bonchev–Trinajstić information content (AvgIpc) is 2.31. The van der Waals surface area contributed by atoms with E-state index in [4.69, 9.17) is 4.74 Å². The zero-order chi connectivity index (χ0) is 11.8. The number of benzene rings is 1. The van der Waals surface area contributed by atoms with E-state index in [1.807, 2.05) is 30.3 Å². The molecule has 0 spiro atoms. The zero-order valence-corrected chi connectivity index (χ0v) is 9.48. The van der Waals surface area contributed by atoms with E-state index in [2.05, 4.69) is 11.9 Å². The lowest BCUT2D eigenvalue weighted by Crippen LogP contribution is -2.35. The molecule has 1 aromatic carbocycles. The van der Waals surface area contributed by atoms with Crippen LogP contribution in [-0.2, 0) is 16.1 Å². The number of nitrogens with one attached hydrogen (secondary N) is 1. The number of ether oxygens (including phenoxy) is 1. The maximum absolute atomic E-state index is 11.4. The van der Waals surface area contributed by atoms with Crippen molar-refractivity contribution in [2.45, 2.75) is 19.5 Å². The zero-order valence-electron chi connectivity index (χ0n) is 9.48. The number of esters is 1. The van der Waals surface area contributed by atoms with Gasteiger partial charge in [0.25, 0.3) is 0 Å². The maximum Gasteiger partial charge on any atom is 0.327 e. The minimum absolute atomic E-state index is 0.284. The van der Waals surface area contributed by atoms with Gasteiger partial charge in [-0.2, -0.15) is 0 Å². The van der Waals surface area contributed by atoms with Gasteiger partial charge in [-0.3, -0.25) is 10.1 Å². The summed E-state index contributed by atoms with van der Waals surface area (Å²) in [4.78, 5) is 11.4. The highest BCUT2D eigenvalue weighted by atomic mass is 16.5. The summed E-state index contributed by atoms with van der Waals surface area (Å²) in [7, 11) is 0. The number of hydrogen-bond acceptors (Lipinski definition) is 3. The van der Waals surface area contributed by atoms with Gasteiger partial charge in [0.1, 0.15) is 6.04 Å². The Morgan fingerprint density at radius 3 is 2.75 bits per heavy atom. The Balaban J connectivity index is 2.46. The van der Waals surface area contributed by atoms with Crippen molar-refractivity contribution in [3.63, 3.8) is 0 Å². The molecule has 0 heterocycles. The molecule has 0 aliphatic carbocycles. The van der Waals surface area contributed by atoms with E-state index in [1.54, 1.807) is 13.0 Å². The molecule has 0 amide bonds. The highest BCUT2D eigenvalue weighted by Crippen LogP contribution is 1.99. The molecule has 0 saturated heterocycles. The summed E-state index contributed by atoms with van der Waals surface area (Å²) in [5, 5.41) is 3.08. The number of rotatable bonds is 6. The summed E-state index contributed by atoms with van der Waals surface area (Å²) < 4.78 is 4.91. The van der Waals surface area contributed by atoms with E-state index < -0.39 is 6.04 Å². The van der Waals surface area contributed by atoms with Gasteiger partial charge in [0.05, 0.1) is 6.61 Å². The highest BCUT2D eigenvalue weighted by Gasteiger charge is 2.14. The van der Waals surface area contributed by atoms with Gasteiger partial charge in [-0.15, -0.1) is 6.58 Å². The van der Waals surface area contributed by atoms with Crippen molar-refractivity contribution in [3.8, 4) is 0 Å². The Morgan fingerprint density at radius 2 is 2.19 bits per heavy atom. The Bertz CT molecular complexity index is 335. The van der Waals surface area contributed by atoms with Crippen LogP contribution in [0.25, 0.3) is 0 Å². The van der Waals surface area contributed by atoms with Gasteiger partial charge >= 0.3 is 5.97 Å². The van der Waals surface area contributed by atoms with Crippen molar-refractivity contribution in [1.29, 1.82) is 0 Å². The molecule has 3 heteroatoms. The normalized spacial score (nSPS) is 11.8. The van der Waals surface area contributed by atoms with Crippen LogP contribution in [0.5, 0.6) is 0 Å².